The predicted molar refractivity (Wildman–Crippen MR) is 48.5 cm³/mol. The zero-order valence-corrected chi connectivity index (χ0v) is 7.21. The second-order valence-corrected chi connectivity index (χ2v) is 2.42. The SMILES string of the molecule is C1=COON1.c1ccc2ocnc2c1. The third kappa shape index (κ3) is 2.02. The lowest BCUT2D eigenvalue weighted by molar-refractivity contribution is -0.264. The number of para-hydroxylation sites is 2. The van der Waals surface area contributed by atoms with Crippen LogP contribution in [0.5, 0.6) is 0 Å². The Kier molecular flexibility index (Phi) is 2.63. The van der Waals surface area contributed by atoms with Crippen LogP contribution in [0.25, 0.3) is 11.1 Å². The van der Waals surface area contributed by atoms with Crippen molar-refractivity contribution in [2.45, 2.75) is 0 Å². The van der Waals surface area contributed by atoms with Crippen molar-refractivity contribution in [2.24, 2.45) is 0 Å². The summed E-state index contributed by atoms with van der Waals surface area (Å²) in [5.41, 5.74) is 4.08. The molecule has 3 rings (SSSR count). The average molecular weight is 192 g/mol. The van der Waals surface area contributed by atoms with Crippen molar-refractivity contribution in [3.63, 3.8) is 0 Å². The van der Waals surface area contributed by atoms with Gasteiger partial charge in [0, 0.05) is 0 Å². The van der Waals surface area contributed by atoms with Gasteiger partial charge < -0.3 is 9.30 Å². The van der Waals surface area contributed by atoms with E-state index >= 15 is 0 Å². The number of hydrogen-bond donors (Lipinski definition) is 1. The van der Waals surface area contributed by atoms with Gasteiger partial charge in [-0.3, -0.25) is 0 Å². The lowest BCUT2D eigenvalue weighted by Crippen LogP contribution is -1.94. The van der Waals surface area contributed by atoms with Crippen LogP contribution in [0, 0.1) is 0 Å². The van der Waals surface area contributed by atoms with Crippen molar-refractivity contribution in [1.29, 1.82) is 0 Å². The highest BCUT2D eigenvalue weighted by atomic mass is 17.3. The van der Waals surface area contributed by atoms with E-state index in [2.05, 4.69) is 20.3 Å². The summed E-state index contributed by atoms with van der Waals surface area (Å²) in [5.74, 6) is 0. The molecule has 2 aromatic rings. The second kappa shape index (κ2) is 4.29. The van der Waals surface area contributed by atoms with Crippen LogP contribution in [0.4, 0.5) is 0 Å². The molecule has 0 amide bonds. The minimum Gasteiger partial charge on any atom is -0.443 e. The first-order valence-corrected chi connectivity index (χ1v) is 3.98. The Morgan fingerprint density at radius 1 is 1.21 bits per heavy atom. The largest absolute Gasteiger partial charge is 0.443 e. The lowest BCUT2D eigenvalue weighted by Gasteiger charge is -1.81. The molecule has 0 saturated heterocycles. The molecule has 0 bridgehead atoms. The Bertz CT molecular complexity index is 388. The fourth-order valence-electron chi connectivity index (χ4n) is 0.942. The van der Waals surface area contributed by atoms with Gasteiger partial charge in [0.15, 0.2) is 12.0 Å². The zero-order chi connectivity index (χ0) is 9.64. The molecule has 0 saturated carbocycles. The summed E-state index contributed by atoms with van der Waals surface area (Å²) in [6, 6.07) is 7.67. The van der Waals surface area contributed by atoms with Gasteiger partial charge in [-0.1, -0.05) is 17.1 Å². The molecular formula is C9H8N2O3. The number of oxazole rings is 1. The highest BCUT2D eigenvalue weighted by Crippen LogP contribution is 2.09. The van der Waals surface area contributed by atoms with Gasteiger partial charge in [-0.05, 0) is 12.1 Å². The molecular weight excluding hydrogens is 184 g/mol. The number of benzene rings is 1. The van der Waals surface area contributed by atoms with Gasteiger partial charge in [-0.25, -0.2) is 10.5 Å². The van der Waals surface area contributed by atoms with Gasteiger partial charge >= 0.3 is 0 Å². The standard InChI is InChI=1S/C7H5NO.C2H3NO2/c1-2-4-7-6(3-1)8-5-9-7;1-2-4-5-3-1/h1-5H;1-3H. The molecule has 0 atom stereocenters. The van der Waals surface area contributed by atoms with Crippen molar-refractivity contribution in [3.05, 3.63) is 43.1 Å². The Labute approximate surface area is 79.8 Å². The first-order chi connectivity index (χ1) is 6.97. The van der Waals surface area contributed by atoms with E-state index in [0.29, 0.717) is 0 Å². The Balaban J connectivity index is 0.000000128. The summed E-state index contributed by atoms with van der Waals surface area (Å²) < 4.78 is 5.01. The number of hydrogen-bond acceptors (Lipinski definition) is 5. The van der Waals surface area contributed by atoms with Crippen molar-refractivity contribution in [2.75, 3.05) is 0 Å². The quantitative estimate of drug-likeness (QED) is 0.644. The Morgan fingerprint density at radius 3 is 2.79 bits per heavy atom. The molecule has 0 radical (unpaired) electrons. The molecule has 5 nitrogen and oxygen atoms in total. The van der Waals surface area contributed by atoms with E-state index in [1.165, 1.54) is 12.7 Å². The molecule has 1 aromatic heterocycles. The van der Waals surface area contributed by atoms with Crippen LogP contribution >= 0.6 is 0 Å². The molecule has 0 fully saturated rings. The monoisotopic (exact) mass is 192 g/mol. The minimum atomic E-state index is 0.845. The van der Waals surface area contributed by atoms with E-state index in [0.717, 1.165) is 11.1 Å². The zero-order valence-electron chi connectivity index (χ0n) is 7.21. The summed E-state index contributed by atoms with van der Waals surface area (Å²) >= 11 is 0. The average Bonchev–Trinajstić information content (AvgIpc) is 2.92. The van der Waals surface area contributed by atoms with Crippen molar-refractivity contribution < 1.29 is 14.3 Å². The summed E-state index contributed by atoms with van der Waals surface area (Å²) in [6.45, 7) is 0. The van der Waals surface area contributed by atoms with Gasteiger partial charge in [0.1, 0.15) is 11.8 Å². The number of nitrogens with one attached hydrogen (secondary N) is 1. The van der Waals surface area contributed by atoms with Gasteiger partial charge in [-0.2, -0.15) is 0 Å². The first-order valence-electron chi connectivity index (χ1n) is 3.98. The number of nitrogens with zero attached hydrogens (tertiary/aromatic N) is 1. The van der Waals surface area contributed by atoms with Crippen molar-refractivity contribution >= 4 is 11.1 Å². The Morgan fingerprint density at radius 2 is 2.14 bits per heavy atom. The molecule has 0 aliphatic carbocycles. The van der Waals surface area contributed by atoms with Crippen LogP contribution in [0.2, 0.25) is 0 Å². The van der Waals surface area contributed by atoms with E-state index in [1.54, 1.807) is 6.20 Å². The molecule has 72 valence electrons. The van der Waals surface area contributed by atoms with Crippen LogP contribution in [0.15, 0.2) is 47.5 Å². The summed E-state index contributed by atoms with van der Waals surface area (Å²) in [6.07, 6.45) is 4.39. The van der Waals surface area contributed by atoms with E-state index in [-0.39, 0.29) is 0 Å². The number of rotatable bonds is 0. The minimum absolute atomic E-state index is 0.845. The van der Waals surface area contributed by atoms with Crippen LogP contribution in [0.1, 0.15) is 0 Å². The summed E-state index contributed by atoms with van der Waals surface area (Å²) in [4.78, 5) is 12.2. The summed E-state index contributed by atoms with van der Waals surface area (Å²) in [5, 5.41) is 0. The maximum atomic E-state index is 5.01. The summed E-state index contributed by atoms with van der Waals surface area (Å²) in [7, 11) is 0. The van der Waals surface area contributed by atoms with Gasteiger partial charge in [-0.15, -0.1) is 0 Å². The van der Waals surface area contributed by atoms with Crippen molar-refractivity contribution in [3.8, 4) is 0 Å². The number of aromatic nitrogens is 1. The third-order valence-corrected chi connectivity index (χ3v) is 1.52. The highest BCUT2D eigenvalue weighted by Gasteiger charge is 1.91. The first kappa shape index (κ1) is 8.58. The van der Waals surface area contributed by atoms with Crippen LogP contribution in [0.3, 0.4) is 0 Å². The third-order valence-electron chi connectivity index (χ3n) is 1.52. The van der Waals surface area contributed by atoms with Gasteiger partial charge in [0.2, 0.25) is 0 Å². The smallest absolute Gasteiger partial charge is 0.181 e. The maximum absolute atomic E-state index is 5.01. The number of fused-ring (bicyclic) bond motifs is 1. The normalized spacial score (nSPS) is 12.9. The fraction of sp³-hybridized carbons (Fsp3) is 0. The van der Waals surface area contributed by atoms with E-state index < -0.39 is 0 Å². The molecule has 5 heteroatoms. The van der Waals surface area contributed by atoms with Gasteiger partial charge in [0.05, 0.1) is 6.20 Å². The molecule has 1 aromatic carbocycles. The van der Waals surface area contributed by atoms with E-state index in [4.69, 9.17) is 4.42 Å². The van der Waals surface area contributed by atoms with Gasteiger partial charge in [0.25, 0.3) is 0 Å². The second-order valence-electron chi connectivity index (χ2n) is 2.42. The molecule has 1 aliphatic rings. The molecule has 1 N–H and O–H groups in total. The predicted octanol–water partition coefficient (Wildman–Crippen LogP) is 1.75. The topological polar surface area (TPSA) is 56.5 Å². The molecule has 2 heterocycles. The molecule has 1 aliphatic heterocycles. The lowest BCUT2D eigenvalue weighted by atomic mass is 10.3. The molecule has 0 unspecified atom stereocenters. The van der Waals surface area contributed by atoms with Crippen LogP contribution in [-0.2, 0) is 9.88 Å². The van der Waals surface area contributed by atoms with E-state index in [1.807, 2.05) is 24.3 Å². The molecule has 0 spiro atoms. The van der Waals surface area contributed by atoms with Crippen molar-refractivity contribution in [1.82, 2.24) is 10.5 Å². The highest BCUT2D eigenvalue weighted by molar-refractivity contribution is 5.71. The van der Waals surface area contributed by atoms with Crippen LogP contribution in [-0.4, -0.2) is 4.98 Å². The fourth-order valence-corrected chi connectivity index (χ4v) is 0.942. The maximum Gasteiger partial charge on any atom is 0.181 e. The number of hydroxylamine groups is 1. The molecule has 14 heavy (non-hydrogen) atoms. The van der Waals surface area contributed by atoms with E-state index in [9.17, 15) is 0 Å². The Hall–Kier alpha value is -2.01. The van der Waals surface area contributed by atoms with Crippen LogP contribution < -0.4 is 5.48 Å².